The number of nitrogens with zero attached hydrogens (tertiary/aromatic N) is 1. The van der Waals surface area contributed by atoms with Crippen LogP contribution in [0.15, 0.2) is 52.2 Å². The molecular weight excluding hydrogens is 340 g/mol. The van der Waals surface area contributed by atoms with Crippen LogP contribution in [0.4, 0.5) is 0 Å². The van der Waals surface area contributed by atoms with Crippen LogP contribution in [0.25, 0.3) is 16.5 Å². The first kappa shape index (κ1) is 15.6. The summed E-state index contributed by atoms with van der Waals surface area (Å²) in [7, 11) is -3.36. The molecule has 0 saturated heterocycles. The molecule has 0 radical (unpaired) electrons. The number of sulfonamides is 1. The van der Waals surface area contributed by atoms with E-state index in [2.05, 4.69) is 30.1 Å². The van der Waals surface area contributed by atoms with Gasteiger partial charge < -0.3 is 4.98 Å². The molecule has 3 aromatic rings. The molecule has 0 atom stereocenters. The summed E-state index contributed by atoms with van der Waals surface area (Å²) in [5.41, 5.74) is 4.77. The molecule has 1 aliphatic heterocycles. The molecule has 6 heteroatoms. The molecule has 1 aliphatic rings. The molecule has 3 heterocycles. The molecule has 0 spiro atoms. The molecule has 1 N–H and O–H groups in total. The number of rotatable bonds is 3. The molecule has 0 unspecified atom stereocenters. The van der Waals surface area contributed by atoms with E-state index in [0.29, 0.717) is 17.3 Å². The van der Waals surface area contributed by atoms with Gasteiger partial charge in [0.25, 0.3) is 10.0 Å². The number of aromatic amines is 1. The molecule has 0 bridgehead atoms. The van der Waals surface area contributed by atoms with Gasteiger partial charge in [0.15, 0.2) is 0 Å². The van der Waals surface area contributed by atoms with E-state index >= 15 is 0 Å². The summed E-state index contributed by atoms with van der Waals surface area (Å²) < 4.78 is 27.2. The van der Waals surface area contributed by atoms with Gasteiger partial charge >= 0.3 is 0 Å². The largest absolute Gasteiger partial charge is 0.360 e. The number of hydrogen-bond donors (Lipinski definition) is 1. The van der Waals surface area contributed by atoms with Gasteiger partial charge in [-0.15, -0.1) is 11.3 Å². The van der Waals surface area contributed by atoms with Crippen molar-refractivity contribution in [2.45, 2.75) is 17.6 Å². The Morgan fingerprint density at radius 1 is 1.21 bits per heavy atom. The molecule has 124 valence electrons. The highest BCUT2D eigenvalue weighted by molar-refractivity contribution is 7.91. The third kappa shape index (κ3) is 2.51. The third-order valence-electron chi connectivity index (χ3n) is 4.53. The van der Waals surface area contributed by atoms with E-state index in [1.165, 1.54) is 33.4 Å². The maximum absolute atomic E-state index is 12.6. The summed E-state index contributed by atoms with van der Waals surface area (Å²) >= 11 is 1.27. The van der Waals surface area contributed by atoms with Crippen molar-refractivity contribution < 1.29 is 8.42 Å². The second-order valence-corrected chi connectivity index (χ2v) is 9.09. The van der Waals surface area contributed by atoms with Crippen molar-refractivity contribution in [3.8, 4) is 0 Å². The average molecular weight is 358 g/mol. The first-order valence-corrected chi connectivity index (χ1v) is 10.2. The highest BCUT2D eigenvalue weighted by atomic mass is 32.2. The van der Waals surface area contributed by atoms with E-state index < -0.39 is 10.0 Å². The van der Waals surface area contributed by atoms with Crippen LogP contribution in [0.3, 0.4) is 0 Å². The number of fused-ring (bicyclic) bond motifs is 1. The Balaban J connectivity index is 1.64. The number of hydrogen-bond acceptors (Lipinski definition) is 3. The number of H-pyrrole nitrogens is 1. The summed E-state index contributed by atoms with van der Waals surface area (Å²) in [5.74, 6) is 0. The van der Waals surface area contributed by atoms with Crippen LogP contribution in [0.1, 0.15) is 17.5 Å². The van der Waals surface area contributed by atoms with Gasteiger partial charge in [-0.1, -0.05) is 30.3 Å². The van der Waals surface area contributed by atoms with Gasteiger partial charge in [-0.2, -0.15) is 4.31 Å². The Morgan fingerprint density at radius 2 is 2.08 bits per heavy atom. The van der Waals surface area contributed by atoms with Crippen LogP contribution in [0.5, 0.6) is 0 Å². The summed E-state index contributed by atoms with van der Waals surface area (Å²) in [4.78, 5) is 3.35. The molecule has 2 aromatic heterocycles. The van der Waals surface area contributed by atoms with E-state index in [9.17, 15) is 8.42 Å². The van der Waals surface area contributed by atoms with E-state index in [-0.39, 0.29) is 0 Å². The second kappa shape index (κ2) is 5.88. The number of nitrogens with one attached hydrogen (secondary N) is 1. The van der Waals surface area contributed by atoms with Crippen molar-refractivity contribution in [1.29, 1.82) is 0 Å². The number of thiophene rings is 1. The summed E-state index contributed by atoms with van der Waals surface area (Å²) in [5, 5.41) is 3.00. The van der Waals surface area contributed by atoms with Gasteiger partial charge in [0.2, 0.25) is 0 Å². The third-order valence-corrected chi connectivity index (χ3v) is 7.77. The standard InChI is InChI=1S/C18H18N2O2S2/c1-13-4-2-5-15-16(12-19-18(13)15)14-7-9-20(10-8-14)24(21,22)17-6-3-11-23-17/h2-7,11-12,19H,8-10H2,1H3. The lowest BCUT2D eigenvalue weighted by Crippen LogP contribution is -2.34. The van der Waals surface area contributed by atoms with Gasteiger partial charge in [0.05, 0.1) is 0 Å². The summed E-state index contributed by atoms with van der Waals surface area (Å²) in [6.45, 7) is 3.03. The molecule has 4 rings (SSSR count). The first-order valence-electron chi connectivity index (χ1n) is 7.87. The first-order chi connectivity index (χ1) is 11.6. The lowest BCUT2D eigenvalue weighted by atomic mass is 9.99. The fourth-order valence-electron chi connectivity index (χ4n) is 3.22. The minimum Gasteiger partial charge on any atom is -0.360 e. The Bertz CT molecular complexity index is 1010. The van der Waals surface area contributed by atoms with Gasteiger partial charge in [-0.3, -0.25) is 0 Å². The lowest BCUT2D eigenvalue weighted by molar-refractivity contribution is 0.443. The Labute approximate surface area is 145 Å². The van der Waals surface area contributed by atoms with Crippen molar-refractivity contribution in [3.05, 3.63) is 59.1 Å². The predicted octanol–water partition coefficient (Wildman–Crippen LogP) is 4.02. The van der Waals surface area contributed by atoms with Crippen LogP contribution in [-0.4, -0.2) is 30.8 Å². The SMILES string of the molecule is Cc1cccc2c(C3=CCN(S(=O)(=O)c4cccs4)CC3)c[nH]c12. The van der Waals surface area contributed by atoms with Gasteiger partial charge in [0.1, 0.15) is 4.21 Å². The van der Waals surface area contributed by atoms with E-state index in [1.54, 1.807) is 21.8 Å². The normalized spacial score (nSPS) is 16.5. The van der Waals surface area contributed by atoms with Crippen LogP contribution in [0, 0.1) is 6.92 Å². The number of benzene rings is 1. The zero-order valence-corrected chi connectivity index (χ0v) is 15.0. The van der Waals surface area contributed by atoms with Crippen molar-refractivity contribution in [3.63, 3.8) is 0 Å². The Morgan fingerprint density at radius 3 is 2.79 bits per heavy atom. The smallest absolute Gasteiger partial charge is 0.252 e. The fraction of sp³-hybridized carbons (Fsp3) is 0.222. The highest BCUT2D eigenvalue weighted by Gasteiger charge is 2.27. The molecule has 0 amide bonds. The fourth-order valence-corrected chi connectivity index (χ4v) is 5.75. The van der Waals surface area contributed by atoms with Crippen molar-refractivity contribution in [2.24, 2.45) is 0 Å². The molecular formula is C18H18N2O2S2. The highest BCUT2D eigenvalue weighted by Crippen LogP contribution is 2.32. The van der Waals surface area contributed by atoms with Crippen molar-refractivity contribution in [2.75, 3.05) is 13.1 Å². The van der Waals surface area contributed by atoms with E-state index in [4.69, 9.17) is 0 Å². The summed E-state index contributed by atoms with van der Waals surface area (Å²) in [6.07, 6.45) is 4.80. The van der Waals surface area contributed by atoms with Crippen LogP contribution < -0.4 is 0 Å². The molecule has 0 aliphatic carbocycles. The molecule has 1 aromatic carbocycles. The lowest BCUT2D eigenvalue weighted by Gasteiger charge is -2.25. The maximum atomic E-state index is 12.6. The average Bonchev–Trinajstić information content (AvgIpc) is 3.26. The van der Waals surface area contributed by atoms with Gasteiger partial charge in [-0.05, 0) is 35.9 Å². The molecule has 0 saturated carbocycles. The van der Waals surface area contributed by atoms with E-state index in [0.717, 1.165) is 11.9 Å². The van der Waals surface area contributed by atoms with Gasteiger partial charge in [-0.25, -0.2) is 8.42 Å². The monoisotopic (exact) mass is 358 g/mol. The number of aryl methyl sites for hydroxylation is 1. The molecule has 4 nitrogen and oxygen atoms in total. The van der Waals surface area contributed by atoms with Gasteiger partial charge in [0, 0.05) is 35.8 Å². The van der Waals surface area contributed by atoms with Crippen LogP contribution in [-0.2, 0) is 10.0 Å². The number of para-hydroxylation sites is 1. The Hall–Kier alpha value is -1.89. The van der Waals surface area contributed by atoms with Crippen molar-refractivity contribution in [1.82, 2.24) is 9.29 Å². The van der Waals surface area contributed by atoms with Crippen molar-refractivity contribution >= 4 is 37.8 Å². The second-order valence-electron chi connectivity index (χ2n) is 5.97. The maximum Gasteiger partial charge on any atom is 0.252 e. The number of aromatic nitrogens is 1. The Kier molecular flexibility index (Phi) is 3.83. The zero-order valence-electron chi connectivity index (χ0n) is 13.3. The minimum absolute atomic E-state index is 0.419. The quantitative estimate of drug-likeness (QED) is 0.769. The van der Waals surface area contributed by atoms with Crippen LogP contribution >= 0.6 is 11.3 Å². The van der Waals surface area contributed by atoms with Crippen LogP contribution in [0.2, 0.25) is 0 Å². The predicted molar refractivity (Wildman–Crippen MR) is 98.7 cm³/mol. The summed E-state index contributed by atoms with van der Waals surface area (Å²) in [6, 6.07) is 9.71. The topological polar surface area (TPSA) is 53.2 Å². The molecule has 24 heavy (non-hydrogen) atoms. The minimum atomic E-state index is -3.36. The van der Waals surface area contributed by atoms with E-state index in [1.807, 2.05) is 12.3 Å². The molecule has 0 fully saturated rings. The zero-order chi connectivity index (χ0) is 16.7.